The molecule has 21 heavy (non-hydrogen) atoms. The molecule has 3 heteroatoms. The second-order valence-electron chi connectivity index (χ2n) is 6.46. The quantitative estimate of drug-likeness (QED) is 0.837. The normalized spacial score (nSPS) is 24.8. The van der Waals surface area contributed by atoms with Gasteiger partial charge in [-0.25, -0.2) is 4.98 Å². The van der Waals surface area contributed by atoms with Gasteiger partial charge in [-0.05, 0) is 44.8 Å². The van der Waals surface area contributed by atoms with Gasteiger partial charge in [0, 0.05) is 30.9 Å². The van der Waals surface area contributed by atoms with E-state index in [1.54, 1.807) is 0 Å². The number of hydrogen-bond acceptors (Lipinski definition) is 3. The monoisotopic (exact) mass is 287 g/mol. The Morgan fingerprint density at radius 2 is 1.81 bits per heavy atom. The summed E-state index contributed by atoms with van der Waals surface area (Å²) in [6.07, 6.45) is 11.4. The second kappa shape index (κ2) is 7.26. The number of nitrogens with zero attached hydrogens (tertiary/aromatic N) is 3. The summed E-state index contributed by atoms with van der Waals surface area (Å²) in [4.78, 5) is 9.97. The largest absolute Gasteiger partial charge is 0.356 e. The Labute approximate surface area is 129 Å². The smallest absolute Gasteiger partial charge is 0.133 e. The number of piperidine rings is 1. The van der Waals surface area contributed by atoms with Gasteiger partial charge >= 0.3 is 0 Å². The molecule has 0 N–H and O–H groups in total. The lowest BCUT2D eigenvalue weighted by molar-refractivity contribution is 0.157. The fraction of sp³-hybridized carbons (Fsp3) is 0.722. The van der Waals surface area contributed by atoms with Crippen LogP contribution in [0.1, 0.15) is 63.5 Å². The molecule has 0 saturated carbocycles. The van der Waals surface area contributed by atoms with Crippen molar-refractivity contribution in [1.82, 2.24) is 9.88 Å². The predicted molar refractivity (Wildman–Crippen MR) is 88.8 cm³/mol. The second-order valence-corrected chi connectivity index (χ2v) is 6.46. The molecule has 1 unspecified atom stereocenters. The number of anilines is 1. The van der Waals surface area contributed by atoms with E-state index < -0.39 is 0 Å². The van der Waals surface area contributed by atoms with E-state index in [1.807, 2.05) is 6.20 Å². The van der Waals surface area contributed by atoms with E-state index in [9.17, 15) is 0 Å². The highest BCUT2D eigenvalue weighted by Crippen LogP contribution is 2.35. The minimum atomic E-state index is 0.579. The van der Waals surface area contributed by atoms with Gasteiger partial charge in [-0.1, -0.05) is 32.3 Å². The molecule has 1 aromatic rings. The van der Waals surface area contributed by atoms with Crippen LogP contribution in [0, 0.1) is 0 Å². The van der Waals surface area contributed by atoms with Crippen molar-refractivity contribution >= 4 is 5.82 Å². The van der Waals surface area contributed by atoms with Gasteiger partial charge in [-0.2, -0.15) is 0 Å². The molecule has 2 aliphatic rings. The Bertz CT molecular complexity index is 438. The molecule has 2 aliphatic heterocycles. The van der Waals surface area contributed by atoms with E-state index in [0.29, 0.717) is 6.04 Å². The van der Waals surface area contributed by atoms with Crippen molar-refractivity contribution in [2.75, 3.05) is 31.1 Å². The summed E-state index contributed by atoms with van der Waals surface area (Å²) in [5.41, 5.74) is 1.47. The molecule has 0 spiro atoms. The Hall–Kier alpha value is -1.09. The third kappa shape index (κ3) is 3.39. The number of aromatic nitrogens is 1. The van der Waals surface area contributed by atoms with Crippen LogP contribution in [0.5, 0.6) is 0 Å². The molecule has 0 amide bonds. The highest BCUT2D eigenvalue weighted by atomic mass is 15.2. The van der Waals surface area contributed by atoms with E-state index in [1.165, 1.54) is 76.0 Å². The summed E-state index contributed by atoms with van der Waals surface area (Å²) in [5, 5.41) is 0. The van der Waals surface area contributed by atoms with E-state index in [-0.39, 0.29) is 0 Å². The maximum Gasteiger partial charge on any atom is 0.133 e. The average Bonchev–Trinajstić information content (AvgIpc) is 2.84. The standard InChI is InChI=1S/C18H29N3/c1-2-20-13-8-5-11-17(20)16-10-9-12-19-18(16)21-14-6-3-4-7-15-21/h9-10,12,17H,2-8,11,13-15H2,1H3. The van der Waals surface area contributed by atoms with Gasteiger partial charge in [-0.15, -0.1) is 0 Å². The van der Waals surface area contributed by atoms with Crippen LogP contribution in [-0.2, 0) is 0 Å². The molecule has 3 nitrogen and oxygen atoms in total. The highest BCUT2D eigenvalue weighted by Gasteiger charge is 2.27. The van der Waals surface area contributed by atoms with Gasteiger partial charge in [0.2, 0.25) is 0 Å². The van der Waals surface area contributed by atoms with Crippen molar-refractivity contribution in [3.8, 4) is 0 Å². The van der Waals surface area contributed by atoms with Crippen LogP contribution in [0.15, 0.2) is 18.3 Å². The van der Waals surface area contributed by atoms with E-state index in [4.69, 9.17) is 4.98 Å². The summed E-state index contributed by atoms with van der Waals surface area (Å²) in [5.74, 6) is 1.27. The fourth-order valence-electron chi connectivity index (χ4n) is 3.94. The van der Waals surface area contributed by atoms with Crippen molar-refractivity contribution in [2.24, 2.45) is 0 Å². The molecule has 2 saturated heterocycles. The summed E-state index contributed by atoms with van der Waals surface area (Å²) >= 11 is 0. The lowest BCUT2D eigenvalue weighted by Gasteiger charge is -2.37. The zero-order chi connectivity index (χ0) is 14.5. The predicted octanol–water partition coefficient (Wildman–Crippen LogP) is 4.01. The van der Waals surface area contributed by atoms with Gasteiger partial charge in [0.15, 0.2) is 0 Å². The highest BCUT2D eigenvalue weighted by molar-refractivity contribution is 5.48. The van der Waals surface area contributed by atoms with Crippen molar-refractivity contribution in [1.29, 1.82) is 0 Å². The van der Waals surface area contributed by atoms with E-state index in [2.05, 4.69) is 28.9 Å². The molecule has 1 atom stereocenters. The van der Waals surface area contributed by atoms with Crippen LogP contribution in [0.25, 0.3) is 0 Å². The summed E-state index contributed by atoms with van der Waals surface area (Å²) in [7, 11) is 0. The number of rotatable bonds is 3. The SMILES string of the molecule is CCN1CCCCC1c1cccnc1N1CCCCCC1. The minimum absolute atomic E-state index is 0.579. The van der Waals surface area contributed by atoms with Crippen molar-refractivity contribution in [2.45, 2.75) is 57.9 Å². The summed E-state index contributed by atoms with van der Waals surface area (Å²) in [6.45, 7) is 7.06. The van der Waals surface area contributed by atoms with Crippen LogP contribution >= 0.6 is 0 Å². The molecule has 2 fully saturated rings. The molecule has 0 bridgehead atoms. The minimum Gasteiger partial charge on any atom is -0.356 e. The first-order valence-corrected chi connectivity index (χ1v) is 8.84. The maximum absolute atomic E-state index is 4.79. The molecule has 1 aromatic heterocycles. The summed E-state index contributed by atoms with van der Waals surface area (Å²) in [6, 6.07) is 5.03. The molecular weight excluding hydrogens is 258 g/mol. The molecule has 0 aromatic carbocycles. The fourth-order valence-corrected chi connectivity index (χ4v) is 3.94. The molecule has 0 radical (unpaired) electrons. The first-order valence-electron chi connectivity index (χ1n) is 8.84. The third-order valence-corrected chi connectivity index (χ3v) is 5.10. The van der Waals surface area contributed by atoms with E-state index in [0.717, 1.165) is 6.54 Å². The number of hydrogen-bond donors (Lipinski definition) is 0. The molecular formula is C18H29N3. The third-order valence-electron chi connectivity index (χ3n) is 5.10. The molecule has 3 heterocycles. The maximum atomic E-state index is 4.79. The zero-order valence-electron chi connectivity index (χ0n) is 13.4. The molecule has 0 aliphatic carbocycles. The van der Waals surface area contributed by atoms with Crippen molar-refractivity contribution in [3.05, 3.63) is 23.9 Å². The lowest BCUT2D eigenvalue weighted by Crippen LogP contribution is -2.35. The lowest BCUT2D eigenvalue weighted by atomic mass is 9.95. The van der Waals surface area contributed by atoms with Crippen LogP contribution in [0.3, 0.4) is 0 Å². The van der Waals surface area contributed by atoms with E-state index >= 15 is 0 Å². The van der Waals surface area contributed by atoms with Crippen LogP contribution in [0.4, 0.5) is 5.82 Å². The average molecular weight is 287 g/mol. The van der Waals surface area contributed by atoms with Gasteiger partial charge in [-0.3, -0.25) is 4.90 Å². The molecule has 3 rings (SSSR count). The van der Waals surface area contributed by atoms with Gasteiger partial charge in [0.1, 0.15) is 5.82 Å². The topological polar surface area (TPSA) is 19.4 Å². The first-order chi connectivity index (χ1) is 10.4. The Morgan fingerprint density at radius 1 is 1.05 bits per heavy atom. The Morgan fingerprint density at radius 3 is 2.57 bits per heavy atom. The Balaban J connectivity index is 1.87. The number of pyridine rings is 1. The number of likely N-dealkylation sites (tertiary alicyclic amines) is 1. The first kappa shape index (κ1) is 14.8. The van der Waals surface area contributed by atoms with Crippen molar-refractivity contribution in [3.63, 3.8) is 0 Å². The summed E-state index contributed by atoms with van der Waals surface area (Å²) < 4.78 is 0. The molecule has 116 valence electrons. The van der Waals surface area contributed by atoms with Crippen LogP contribution in [0.2, 0.25) is 0 Å². The Kier molecular flexibility index (Phi) is 5.13. The van der Waals surface area contributed by atoms with Crippen LogP contribution in [-0.4, -0.2) is 36.1 Å². The van der Waals surface area contributed by atoms with Crippen molar-refractivity contribution < 1.29 is 0 Å². The van der Waals surface area contributed by atoms with Crippen LogP contribution < -0.4 is 4.90 Å². The van der Waals surface area contributed by atoms with Gasteiger partial charge in [0.05, 0.1) is 0 Å². The zero-order valence-corrected chi connectivity index (χ0v) is 13.4. The van der Waals surface area contributed by atoms with Gasteiger partial charge < -0.3 is 4.90 Å². The van der Waals surface area contributed by atoms with Gasteiger partial charge in [0.25, 0.3) is 0 Å².